The highest BCUT2D eigenvalue weighted by Crippen LogP contribution is 2.27. The van der Waals surface area contributed by atoms with Gasteiger partial charge in [0, 0.05) is 56.5 Å². The van der Waals surface area contributed by atoms with E-state index in [0.29, 0.717) is 11.4 Å². The fourth-order valence-electron chi connectivity index (χ4n) is 3.60. The molecule has 0 spiro atoms. The molecule has 3 N–H and O–H groups in total. The van der Waals surface area contributed by atoms with E-state index in [1.807, 2.05) is 0 Å². The van der Waals surface area contributed by atoms with Gasteiger partial charge in [0.1, 0.15) is 0 Å². The Morgan fingerprint density at radius 3 is 2.84 bits per heavy atom. The highest BCUT2D eigenvalue weighted by atomic mass is 32.1. The van der Waals surface area contributed by atoms with Crippen molar-refractivity contribution in [1.82, 2.24) is 20.1 Å². The quantitative estimate of drug-likeness (QED) is 0.811. The van der Waals surface area contributed by atoms with Gasteiger partial charge in [-0.1, -0.05) is 0 Å². The number of carbonyl (C=O) groups excluding carboxylic acids is 2. The van der Waals surface area contributed by atoms with Crippen molar-refractivity contribution in [1.29, 1.82) is 0 Å². The lowest BCUT2D eigenvalue weighted by molar-refractivity contribution is -0.134. The van der Waals surface area contributed by atoms with Gasteiger partial charge >= 0.3 is 0 Å². The molecule has 0 radical (unpaired) electrons. The van der Waals surface area contributed by atoms with E-state index in [4.69, 9.17) is 5.73 Å². The predicted molar refractivity (Wildman–Crippen MR) is 97.4 cm³/mol. The molecule has 1 aliphatic heterocycles. The molecule has 2 aliphatic rings. The van der Waals surface area contributed by atoms with Crippen molar-refractivity contribution in [2.45, 2.75) is 44.3 Å². The third-order valence-electron chi connectivity index (χ3n) is 5.13. The molecule has 7 nitrogen and oxygen atoms in total. The van der Waals surface area contributed by atoms with Crippen molar-refractivity contribution < 1.29 is 9.59 Å². The second kappa shape index (κ2) is 7.39. The van der Waals surface area contributed by atoms with Crippen LogP contribution in [0.4, 0.5) is 0 Å². The van der Waals surface area contributed by atoms with Gasteiger partial charge in [0.15, 0.2) is 5.01 Å². The van der Waals surface area contributed by atoms with E-state index in [9.17, 15) is 9.59 Å². The van der Waals surface area contributed by atoms with Crippen LogP contribution in [0.5, 0.6) is 0 Å². The minimum atomic E-state index is -0.182. The van der Waals surface area contributed by atoms with E-state index in [1.54, 1.807) is 19.0 Å². The first-order valence-corrected chi connectivity index (χ1v) is 9.61. The summed E-state index contributed by atoms with van der Waals surface area (Å²) in [7, 11) is 5.61. The standard InChI is InChI=1S/C17H27N5O2S/c1-21(2)17(24)10-4-5-11(18)13(8-10)19-15(23)16-20-12-6-7-22(3)9-14(12)25-16/h10-11,13H,4-9,18H2,1-3H3,(H,19,23)/t10-,11-,13+/m0/s1. The van der Waals surface area contributed by atoms with E-state index in [1.165, 1.54) is 16.2 Å². The molecule has 25 heavy (non-hydrogen) atoms. The van der Waals surface area contributed by atoms with Gasteiger partial charge < -0.3 is 20.9 Å². The van der Waals surface area contributed by atoms with E-state index in [2.05, 4.69) is 22.2 Å². The van der Waals surface area contributed by atoms with E-state index in [0.717, 1.165) is 38.0 Å². The molecule has 3 rings (SSSR count). The number of nitrogens with two attached hydrogens (primary N) is 1. The molecule has 8 heteroatoms. The third kappa shape index (κ3) is 4.02. The van der Waals surface area contributed by atoms with Crippen molar-refractivity contribution >= 4 is 23.2 Å². The first-order chi connectivity index (χ1) is 11.8. The molecule has 2 amide bonds. The smallest absolute Gasteiger partial charge is 0.280 e. The summed E-state index contributed by atoms with van der Waals surface area (Å²) >= 11 is 1.47. The van der Waals surface area contributed by atoms with Gasteiger partial charge in [0.25, 0.3) is 5.91 Å². The van der Waals surface area contributed by atoms with Crippen molar-refractivity contribution in [3.05, 3.63) is 15.6 Å². The van der Waals surface area contributed by atoms with Crippen LogP contribution in [0, 0.1) is 5.92 Å². The Morgan fingerprint density at radius 2 is 2.12 bits per heavy atom. The Balaban J connectivity index is 1.66. The number of rotatable bonds is 3. The van der Waals surface area contributed by atoms with Crippen LogP contribution >= 0.6 is 11.3 Å². The van der Waals surface area contributed by atoms with Gasteiger partial charge in [-0.3, -0.25) is 9.59 Å². The molecule has 1 aliphatic carbocycles. The number of thiazole rings is 1. The van der Waals surface area contributed by atoms with Crippen molar-refractivity contribution in [2.75, 3.05) is 27.7 Å². The zero-order valence-electron chi connectivity index (χ0n) is 15.1. The minimum absolute atomic E-state index is 0.0711. The van der Waals surface area contributed by atoms with Crippen molar-refractivity contribution in [3.63, 3.8) is 0 Å². The van der Waals surface area contributed by atoms with E-state index < -0.39 is 0 Å². The molecule has 2 heterocycles. The number of amides is 2. The van der Waals surface area contributed by atoms with Gasteiger partial charge in [0.05, 0.1) is 5.69 Å². The molecular weight excluding hydrogens is 338 g/mol. The molecule has 1 fully saturated rings. The van der Waals surface area contributed by atoms with Crippen LogP contribution in [0.25, 0.3) is 0 Å². The first kappa shape index (κ1) is 18.3. The fraction of sp³-hybridized carbons (Fsp3) is 0.706. The monoisotopic (exact) mass is 365 g/mol. The average Bonchev–Trinajstić information content (AvgIpc) is 2.99. The highest BCUT2D eigenvalue weighted by molar-refractivity contribution is 7.13. The Hall–Kier alpha value is -1.51. The molecule has 0 aromatic carbocycles. The van der Waals surface area contributed by atoms with Crippen molar-refractivity contribution in [3.8, 4) is 0 Å². The number of carbonyl (C=O) groups is 2. The number of likely N-dealkylation sites (N-methyl/N-ethyl adjacent to an activating group) is 1. The second-order valence-corrected chi connectivity index (χ2v) is 8.45. The van der Waals surface area contributed by atoms with Gasteiger partial charge in [0.2, 0.25) is 5.91 Å². The zero-order chi connectivity index (χ0) is 18.1. The fourth-order valence-corrected chi connectivity index (χ4v) is 4.69. The largest absolute Gasteiger partial charge is 0.349 e. The number of nitrogens with zero attached hydrogens (tertiary/aromatic N) is 3. The number of hydrogen-bond acceptors (Lipinski definition) is 6. The minimum Gasteiger partial charge on any atom is -0.349 e. The van der Waals surface area contributed by atoms with Crippen LogP contribution in [0.15, 0.2) is 0 Å². The average molecular weight is 366 g/mol. The van der Waals surface area contributed by atoms with Crippen LogP contribution < -0.4 is 11.1 Å². The molecule has 1 aromatic rings. The van der Waals surface area contributed by atoms with E-state index >= 15 is 0 Å². The van der Waals surface area contributed by atoms with Crippen LogP contribution in [0.1, 0.15) is 39.6 Å². The summed E-state index contributed by atoms with van der Waals surface area (Å²) in [6, 6.07) is -0.297. The first-order valence-electron chi connectivity index (χ1n) is 8.80. The second-order valence-electron chi connectivity index (χ2n) is 7.36. The van der Waals surface area contributed by atoms with Crippen LogP contribution in [-0.2, 0) is 17.8 Å². The summed E-state index contributed by atoms with van der Waals surface area (Å²) in [5.74, 6) is -0.127. The number of fused-ring (bicyclic) bond motifs is 1. The SMILES string of the molecule is CN1CCc2nc(C(=O)N[C@@H]3C[C@@H](C(=O)N(C)C)CC[C@@H]3N)sc2C1. The Kier molecular flexibility index (Phi) is 5.41. The summed E-state index contributed by atoms with van der Waals surface area (Å²) in [6.07, 6.45) is 3.01. The topological polar surface area (TPSA) is 91.6 Å². The highest BCUT2D eigenvalue weighted by Gasteiger charge is 2.34. The third-order valence-corrected chi connectivity index (χ3v) is 6.21. The predicted octanol–water partition coefficient (Wildman–Crippen LogP) is 0.445. The Labute approximate surface area is 152 Å². The summed E-state index contributed by atoms with van der Waals surface area (Å²) in [5.41, 5.74) is 7.24. The molecule has 3 atom stereocenters. The van der Waals surface area contributed by atoms with E-state index in [-0.39, 0.29) is 29.8 Å². The van der Waals surface area contributed by atoms with Crippen LogP contribution in [0.2, 0.25) is 0 Å². The maximum absolute atomic E-state index is 12.6. The molecule has 138 valence electrons. The zero-order valence-corrected chi connectivity index (χ0v) is 15.9. The summed E-state index contributed by atoms with van der Waals surface area (Å²) in [4.78, 5) is 34.4. The summed E-state index contributed by atoms with van der Waals surface area (Å²) in [6.45, 7) is 1.82. The number of hydrogen-bond donors (Lipinski definition) is 2. The Morgan fingerprint density at radius 1 is 1.36 bits per heavy atom. The normalized spacial score (nSPS) is 26.8. The molecule has 0 saturated heterocycles. The van der Waals surface area contributed by atoms with Crippen LogP contribution in [0.3, 0.4) is 0 Å². The molecule has 1 aromatic heterocycles. The maximum atomic E-state index is 12.6. The van der Waals surface area contributed by atoms with Gasteiger partial charge in [-0.25, -0.2) is 4.98 Å². The van der Waals surface area contributed by atoms with Crippen LogP contribution in [-0.4, -0.2) is 66.4 Å². The lowest BCUT2D eigenvalue weighted by Gasteiger charge is -2.34. The number of nitrogens with one attached hydrogen (secondary N) is 1. The van der Waals surface area contributed by atoms with Gasteiger partial charge in [-0.15, -0.1) is 11.3 Å². The lowest BCUT2D eigenvalue weighted by atomic mass is 9.82. The maximum Gasteiger partial charge on any atom is 0.280 e. The molecule has 0 unspecified atom stereocenters. The summed E-state index contributed by atoms with van der Waals surface area (Å²) in [5, 5.41) is 3.54. The summed E-state index contributed by atoms with van der Waals surface area (Å²) < 4.78 is 0. The number of aromatic nitrogens is 1. The lowest BCUT2D eigenvalue weighted by Crippen LogP contribution is -2.52. The Bertz CT molecular complexity index is 659. The van der Waals surface area contributed by atoms with Crippen molar-refractivity contribution in [2.24, 2.45) is 11.7 Å². The van der Waals surface area contributed by atoms with Gasteiger partial charge in [-0.05, 0) is 26.3 Å². The van der Waals surface area contributed by atoms with Gasteiger partial charge in [-0.2, -0.15) is 0 Å². The molecule has 1 saturated carbocycles. The molecule has 0 bridgehead atoms. The molecular formula is C17H27N5O2S.